The molecule has 2 aliphatic rings. The van der Waals surface area contributed by atoms with Gasteiger partial charge in [-0.15, -0.1) is 0 Å². The van der Waals surface area contributed by atoms with E-state index in [-0.39, 0.29) is 11.3 Å². The van der Waals surface area contributed by atoms with Gasteiger partial charge in [0.1, 0.15) is 5.76 Å². The molecular weight excluding hydrogens is 416 g/mol. The smallest absolute Gasteiger partial charge is 0.295 e. The zero-order chi connectivity index (χ0) is 23.5. The summed E-state index contributed by atoms with van der Waals surface area (Å²) in [4.78, 5) is 30.1. The van der Waals surface area contributed by atoms with Gasteiger partial charge in [-0.05, 0) is 24.0 Å². The van der Waals surface area contributed by atoms with Crippen LogP contribution in [0, 0.1) is 6.92 Å². The molecule has 0 unspecified atom stereocenters. The van der Waals surface area contributed by atoms with E-state index in [1.54, 1.807) is 17.0 Å². The number of benzene rings is 2. The maximum Gasteiger partial charge on any atom is 0.295 e. The lowest BCUT2D eigenvalue weighted by Crippen LogP contribution is -2.42. The van der Waals surface area contributed by atoms with Crippen LogP contribution in [0.5, 0.6) is 0 Å². The second-order valence-corrected chi connectivity index (χ2v) is 9.13. The van der Waals surface area contributed by atoms with Crippen molar-refractivity contribution in [1.29, 1.82) is 0 Å². The van der Waals surface area contributed by atoms with E-state index in [0.717, 1.165) is 24.2 Å². The standard InChI is InChI=1S/C27H32N2O4/c1-18(2)20-8-10-21(11-9-20)24-23(25(30)22-6-4-19(3)5-7-22)26(31)27(32)29(24)13-12-28-14-16-33-17-15-28/h4-11,18,24,30H,12-17H2,1-3H3/t24-/m0/s1. The lowest BCUT2D eigenvalue weighted by Gasteiger charge is -2.31. The van der Waals surface area contributed by atoms with Gasteiger partial charge in [0.05, 0.1) is 24.8 Å². The van der Waals surface area contributed by atoms with Crippen molar-refractivity contribution in [3.05, 3.63) is 76.4 Å². The lowest BCUT2D eigenvalue weighted by atomic mass is 9.93. The first-order valence-electron chi connectivity index (χ1n) is 11.6. The average Bonchev–Trinajstić information content (AvgIpc) is 3.08. The largest absolute Gasteiger partial charge is 0.507 e. The van der Waals surface area contributed by atoms with Crippen molar-refractivity contribution in [2.45, 2.75) is 32.7 Å². The fraction of sp³-hybridized carbons (Fsp3) is 0.407. The van der Waals surface area contributed by atoms with Gasteiger partial charge < -0.3 is 14.7 Å². The number of carbonyl (C=O) groups excluding carboxylic acids is 2. The Morgan fingerprint density at radius 3 is 2.24 bits per heavy atom. The van der Waals surface area contributed by atoms with Crippen molar-refractivity contribution < 1.29 is 19.4 Å². The van der Waals surface area contributed by atoms with Crippen molar-refractivity contribution in [3.63, 3.8) is 0 Å². The first-order chi connectivity index (χ1) is 15.9. The Hall–Kier alpha value is -2.96. The summed E-state index contributed by atoms with van der Waals surface area (Å²) in [5.74, 6) is -0.942. The Morgan fingerprint density at radius 1 is 1.00 bits per heavy atom. The second-order valence-electron chi connectivity index (χ2n) is 9.13. The summed E-state index contributed by atoms with van der Waals surface area (Å²) in [6.07, 6.45) is 0. The van der Waals surface area contributed by atoms with Crippen LogP contribution in [0.3, 0.4) is 0 Å². The lowest BCUT2D eigenvalue weighted by molar-refractivity contribution is -0.140. The number of rotatable bonds is 6. The molecule has 2 aromatic carbocycles. The Morgan fingerprint density at radius 2 is 1.64 bits per heavy atom. The summed E-state index contributed by atoms with van der Waals surface area (Å²) < 4.78 is 5.42. The average molecular weight is 449 g/mol. The summed E-state index contributed by atoms with van der Waals surface area (Å²) in [6, 6.07) is 14.7. The third kappa shape index (κ3) is 4.87. The maximum absolute atomic E-state index is 13.2. The SMILES string of the molecule is Cc1ccc(C(O)=C2C(=O)C(=O)N(CCN3CCOCC3)[C@H]2c2ccc(C(C)C)cc2)cc1. The number of carbonyl (C=O) groups is 2. The Bertz CT molecular complexity index is 1030. The Labute approximate surface area is 195 Å². The van der Waals surface area contributed by atoms with E-state index < -0.39 is 17.7 Å². The van der Waals surface area contributed by atoms with E-state index in [1.807, 2.05) is 43.3 Å². The van der Waals surface area contributed by atoms with E-state index in [2.05, 4.69) is 18.7 Å². The predicted octanol–water partition coefficient (Wildman–Crippen LogP) is 3.87. The quantitative estimate of drug-likeness (QED) is 0.413. The highest BCUT2D eigenvalue weighted by molar-refractivity contribution is 6.46. The first-order valence-corrected chi connectivity index (χ1v) is 11.6. The van der Waals surface area contributed by atoms with Crippen molar-refractivity contribution in [2.75, 3.05) is 39.4 Å². The van der Waals surface area contributed by atoms with Crippen LogP contribution in [0.1, 0.15) is 48.1 Å². The molecule has 0 spiro atoms. The number of hydrogen-bond donors (Lipinski definition) is 1. The van der Waals surface area contributed by atoms with Crippen molar-refractivity contribution in [3.8, 4) is 0 Å². The van der Waals surface area contributed by atoms with E-state index >= 15 is 0 Å². The molecule has 0 aliphatic carbocycles. The fourth-order valence-corrected chi connectivity index (χ4v) is 4.46. The molecule has 1 amide bonds. The molecule has 33 heavy (non-hydrogen) atoms. The van der Waals surface area contributed by atoms with Crippen molar-refractivity contribution >= 4 is 17.4 Å². The summed E-state index contributed by atoms with van der Waals surface area (Å²) >= 11 is 0. The summed E-state index contributed by atoms with van der Waals surface area (Å²) in [5.41, 5.74) is 3.76. The first kappa shape index (κ1) is 23.2. The Balaban J connectivity index is 1.73. The second kappa shape index (κ2) is 9.89. The van der Waals surface area contributed by atoms with Crippen LogP contribution < -0.4 is 0 Å². The molecule has 2 aromatic rings. The summed E-state index contributed by atoms with van der Waals surface area (Å²) in [5, 5.41) is 11.2. The zero-order valence-corrected chi connectivity index (χ0v) is 19.6. The van der Waals surface area contributed by atoms with Crippen LogP contribution in [0.4, 0.5) is 0 Å². The van der Waals surface area contributed by atoms with Gasteiger partial charge in [0.25, 0.3) is 11.7 Å². The molecule has 0 bridgehead atoms. The van der Waals surface area contributed by atoms with Gasteiger partial charge in [0, 0.05) is 31.7 Å². The van der Waals surface area contributed by atoms with E-state index in [4.69, 9.17) is 4.74 Å². The molecule has 0 saturated carbocycles. The molecule has 0 aromatic heterocycles. The molecule has 1 N–H and O–H groups in total. The molecule has 2 fully saturated rings. The monoisotopic (exact) mass is 448 g/mol. The van der Waals surface area contributed by atoms with Gasteiger partial charge in [-0.2, -0.15) is 0 Å². The number of aryl methyl sites for hydroxylation is 1. The van der Waals surface area contributed by atoms with Crippen LogP contribution in [-0.4, -0.2) is 66.0 Å². The van der Waals surface area contributed by atoms with Gasteiger partial charge in [-0.25, -0.2) is 0 Å². The molecule has 6 nitrogen and oxygen atoms in total. The molecule has 6 heteroatoms. The minimum atomic E-state index is -0.631. The van der Waals surface area contributed by atoms with Crippen LogP contribution in [-0.2, 0) is 14.3 Å². The highest BCUT2D eigenvalue weighted by atomic mass is 16.5. The molecule has 4 rings (SSSR count). The molecule has 2 heterocycles. The van der Waals surface area contributed by atoms with Crippen molar-refractivity contribution in [1.82, 2.24) is 9.80 Å². The number of ether oxygens (including phenoxy) is 1. The predicted molar refractivity (Wildman–Crippen MR) is 128 cm³/mol. The van der Waals surface area contributed by atoms with Crippen molar-refractivity contribution in [2.24, 2.45) is 0 Å². The molecule has 1 atom stereocenters. The van der Waals surface area contributed by atoms with Gasteiger partial charge in [-0.3, -0.25) is 14.5 Å². The van der Waals surface area contributed by atoms with Gasteiger partial charge in [-0.1, -0.05) is 67.9 Å². The topological polar surface area (TPSA) is 70.1 Å². The number of nitrogens with zero attached hydrogens (tertiary/aromatic N) is 2. The Kier molecular flexibility index (Phi) is 6.96. The zero-order valence-electron chi connectivity index (χ0n) is 19.6. The number of amides is 1. The number of aliphatic hydroxyl groups is 1. The van der Waals surface area contributed by atoms with Crippen LogP contribution in [0.15, 0.2) is 54.1 Å². The molecule has 2 aliphatic heterocycles. The minimum absolute atomic E-state index is 0.125. The number of aliphatic hydroxyl groups excluding tert-OH is 1. The molecule has 2 saturated heterocycles. The number of ketones is 1. The van der Waals surface area contributed by atoms with Crippen LogP contribution in [0.25, 0.3) is 5.76 Å². The highest BCUT2D eigenvalue weighted by Crippen LogP contribution is 2.39. The highest BCUT2D eigenvalue weighted by Gasteiger charge is 2.46. The van der Waals surface area contributed by atoms with Crippen LogP contribution >= 0.6 is 0 Å². The number of morpholine rings is 1. The van der Waals surface area contributed by atoms with E-state index in [9.17, 15) is 14.7 Å². The van der Waals surface area contributed by atoms with E-state index in [1.165, 1.54) is 5.56 Å². The third-order valence-electron chi connectivity index (χ3n) is 6.54. The normalized spacial score (nSPS) is 21.2. The van der Waals surface area contributed by atoms with Gasteiger partial charge >= 0.3 is 0 Å². The van der Waals surface area contributed by atoms with Gasteiger partial charge in [0.15, 0.2) is 0 Å². The summed E-state index contributed by atoms with van der Waals surface area (Å²) in [6.45, 7) is 10.2. The number of Topliss-reactive ketones (excluding diaryl/α,β-unsaturated/α-hetero) is 1. The van der Waals surface area contributed by atoms with Crippen LogP contribution in [0.2, 0.25) is 0 Å². The van der Waals surface area contributed by atoms with E-state index in [0.29, 0.717) is 37.8 Å². The minimum Gasteiger partial charge on any atom is -0.507 e. The molecule has 174 valence electrons. The van der Waals surface area contributed by atoms with Gasteiger partial charge in [0.2, 0.25) is 0 Å². The molecular formula is C27H32N2O4. The maximum atomic E-state index is 13.2. The number of likely N-dealkylation sites (tertiary alicyclic amines) is 1. The number of hydrogen-bond acceptors (Lipinski definition) is 5. The fourth-order valence-electron chi connectivity index (χ4n) is 4.46. The molecule has 0 radical (unpaired) electrons. The third-order valence-corrected chi connectivity index (χ3v) is 6.54. The summed E-state index contributed by atoms with van der Waals surface area (Å²) in [7, 11) is 0.